The number of carbonyl (C=O) groups is 1. The van der Waals surface area contributed by atoms with Gasteiger partial charge >= 0.3 is 0 Å². The van der Waals surface area contributed by atoms with Crippen molar-refractivity contribution in [1.82, 2.24) is 14.9 Å². The number of para-hydroxylation sites is 2. The van der Waals surface area contributed by atoms with E-state index in [1.807, 2.05) is 29.2 Å². The highest BCUT2D eigenvalue weighted by molar-refractivity contribution is 7.90. The van der Waals surface area contributed by atoms with Gasteiger partial charge in [-0.2, -0.15) is 0 Å². The summed E-state index contributed by atoms with van der Waals surface area (Å²) in [7, 11) is -3.43. The standard InChI is InChI=1S/C25H23N3O3S/c29-25(28-16-6-11-23(28)24-26-21-9-4-5-10-22(21)27-24)19-14-12-18(13-15-19)17-32(30,31)20-7-2-1-3-8-20/h1-5,7-10,12-15,23H,6,11,16-17H2,(H,26,27). The summed E-state index contributed by atoms with van der Waals surface area (Å²) in [4.78, 5) is 23.4. The maximum Gasteiger partial charge on any atom is 0.254 e. The average molecular weight is 446 g/mol. The lowest BCUT2D eigenvalue weighted by atomic mass is 10.1. The number of benzene rings is 3. The molecule has 162 valence electrons. The van der Waals surface area contributed by atoms with Crippen LogP contribution in [0.25, 0.3) is 11.0 Å². The molecule has 1 saturated heterocycles. The Bertz CT molecular complexity index is 1330. The molecule has 4 aromatic rings. The fourth-order valence-electron chi connectivity index (χ4n) is 4.26. The van der Waals surface area contributed by atoms with E-state index in [0.717, 1.165) is 29.7 Å². The minimum atomic E-state index is -3.43. The minimum absolute atomic E-state index is 0.0644. The van der Waals surface area contributed by atoms with E-state index in [9.17, 15) is 13.2 Å². The molecule has 0 radical (unpaired) electrons. The lowest BCUT2D eigenvalue weighted by Gasteiger charge is -2.23. The van der Waals surface area contributed by atoms with Crippen LogP contribution in [-0.4, -0.2) is 35.7 Å². The fraction of sp³-hybridized carbons (Fsp3) is 0.200. The Balaban J connectivity index is 1.34. The van der Waals surface area contributed by atoms with Crippen LogP contribution in [0.5, 0.6) is 0 Å². The van der Waals surface area contributed by atoms with Gasteiger partial charge in [-0.05, 0) is 54.8 Å². The van der Waals surface area contributed by atoms with Gasteiger partial charge in [0, 0.05) is 12.1 Å². The normalized spacial score (nSPS) is 16.5. The molecule has 7 heteroatoms. The van der Waals surface area contributed by atoms with E-state index in [-0.39, 0.29) is 17.7 Å². The minimum Gasteiger partial charge on any atom is -0.340 e. The average Bonchev–Trinajstić information content (AvgIpc) is 3.46. The van der Waals surface area contributed by atoms with Gasteiger partial charge < -0.3 is 9.88 Å². The molecule has 1 amide bonds. The Labute approximate surface area is 186 Å². The van der Waals surface area contributed by atoms with Crippen LogP contribution in [0.15, 0.2) is 83.8 Å². The molecule has 0 bridgehead atoms. The number of fused-ring (bicyclic) bond motifs is 1. The number of hydrogen-bond donors (Lipinski definition) is 1. The van der Waals surface area contributed by atoms with Crippen LogP contribution < -0.4 is 0 Å². The van der Waals surface area contributed by atoms with Crippen molar-refractivity contribution in [2.24, 2.45) is 0 Å². The largest absolute Gasteiger partial charge is 0.340 e. The van der Waals surface area contributed by atoms with Crippen molar-refractivity contribution in [1.29, 1.82) is 0 Å². The first-order valence-electron chi connectivity index (χ1n) is 10.6. The highest BCUT2D eigenvalue weighted by atomic mass is 32.2. The van der Waals surface area contributed by atoms with Gasteiger partial charge in [-0.1, -0.05) is 42.5 Å². The van der Waals surface area contributed by atoms with E-state index >= 15 is 0 Å². The van der Waals surface area contributed by atoms with Gasteiger partial charge in [-0.3, -0.25) is 4.79 Å². The van der Waals surface area contributed by atoms with E-state index in [4.69, 9.17) is 0 Å². The van der Waals surface area contributed by atoms with Crippen molar-refractivity contribution in [2.45, 2.75) is 29.5 Å². The number of hydrogen-bond acceptors (Lipinski definition) is 4. The second-order valence-electron chi connectivity index (χ2n) is 8.06. The van der Waals surface area contributed by atoms with Crippen molar-refractivity contribution in [2.75, 3.05) is 6.54 Å². The Kier molecular flexibility index (Phi) is 5.27. The van der Waals surface area contributed by atoms with Gasteiger partial charge in [-0.25, -0.2) is 13.4 Å². The first kappa shape index (κ1) is 20.5. The van der Waals surface area contributed by atoms with E-state index in [0.29, 0.717) is 22.6 Å². The van der Waals surface area contributed by atoms with Crippen LogP contribution in [0, 0.1) is 0 Å². The number of rotatable bonds is 5. The number of nitrogens with one attached hydrogen (secondary N) is 1. The molecule has 1 aliphatic rings. The lowest BCUT2D eigenvalue weighted by molar-refractivity contribution is 0.0730. The summed E-state index contributed by atoms with van der Waals surface area (Å²) in [5.41, 5.74) is 3.06. The second-order valence-corrected chi connectivity index (χ2v) is 10.1. The molecule has 2 heterocycles. The van der Waals surface area contributed by atoms with E-state index < -0.39 is 9.84 Å². The van der Waals surface area contributed by atoms with Crippen LogP contribution in [-0.2, 0) is 15.6 Å². The first-order valence-corrected chi connectivity index (χ1v) is 12.3. The van der Waals surface area contributed by atoms with Crippen molar-refractivity contribution >= 4 is 26.8 Å². The molecule has 0 aliphatic carbocycles. The van der Waals surface area contributed by atoms with Crippen LogP contribution >= 0.6 is 0 Å². The zero-order valence-corrected chi connectivity index (χ0v) is 18.3. The molecule has 3 aromatic carbocycles. The Morgan fingerprint density at radius 3 is 2.44 bits per heavy atom. The number of H-pyrrole nitrogens is 1. The molecule has 1 aromatic heterocycles. The van der Waals surface area contributed by atoms with Crippen LogP contribution in [0.4, 0.5) is 0 Å². The second kappa shape index (κ2) is 8.24. The van der Waals surface area contributed by atoms with Crippen molar-refractivity contribution < 1.29 is 13.2 Å². The maximum atomic E-state index is 13.2. The smallest absolute Gasteiger partial charge is 0.254 e. The molecule has 1 atom stereocenters. The first-order chi connectivity index (χ1) is 15.5. The summed E-state index contributed by atoms with van der Waals surface area (Å²) >= 11 is 0. The number of aromatic amines is 1. The molecule has 6 nitrogen and oxygen atoms in total. The van der Waals surface area contributed by atoms with E-state index in [2.05, 4.69) is 9.97 Å². The monoisotopic (exact) mass is 445 g/mol. The highest BCUT2D eigenvalue weighted by Crippen LogP contribution is 2.32. The number of sulfone groups is 1. The van der Waals surface area contributed by atoms with Crippen LogP contribution in [0.2, 0.25) is 0 Å². The van der Waals surface area contributed by atoms with Gasteiger partial charge in [-0.15, -0.1) is 0 Å². The van der Waals surface area contributed by atoms with Gasteiger partial charge in [0.05, 0.1) is 27.7 Å². The van der Waals surface area contributed by atoms with Gasteiger partial charge in [0.2, 0.25) is 0 Å². The summed E-state index contributed by atoms with van der Waals surface area (Å²) in [6.07, 6.45) is 1.78. The van der Waals surface area contributed by atoms with Crippen molar-refractivity contribution in [3.63, 3.8) is 0 Å². The Hall–Kier alpha value is -3.45. The SMILES string of the molecule is O=C(c1ccc(CS(=O)(=O)c2ccccc2)cc1)N1CCCC1c1nc2ccccc2[nH]1. The highest BCUT2D eigenvalue weighted by Gasteiger charge is 2.32. The molecule has 1 N–H and O–H groups in total. The summed E-state index contributed by atoms with van der Waals surface area (Å²) < 4.78 is 25.2. The molecule has 1 fully saturated rings. The molecule has 1 aliphatic heterocycles. The number of amides is 1. The number of carbonyl (C=O) groups excluding carboxylic acids is 1. The quantitative estimate of drug-likeness (QED) is 0.490. The molecule has 5 rings (SSSR count). The predicted octanol–water partition coefficient (Wildman–Crippen LogP) is 4.51. The molecule has 0 spiro atoms. The molecule has 32 heavy (non-hydrogen) atoms. The Morgan fingerprint density at radius 1 is 0.969 bits per heavy atom. The van der Waals surface area contributed by atoms with Gasteiger partial charge in [0.25, 0.3) is 5.91 Å². The summed E-state index contributed by atoms with van der Waals surface area (Å²) in [6, 6.07) is 23.0. The number of likely N-dealkylation sites (tertiary alicyclic amines) is 1. The Morgan fingerprint density at radius 2 is 1.69 bits per heavy atom. The molecular weight excluding hydrogens is 422 g/mol. The molecular formula is C25H23N3O3S. The summed E-state index contributed by atoms with van der Waals surface area (Å²) in [6.45, 7) is 0.671. The van der Waals surface area contributed by atoms with Crippen LogP contribution in [0.3, 0.4) is 0 Å². The lowest BCUT2D eigenvalue weighted by Crippen LogP contribution is -2.31. The topological polar surface area (TPSA) is 83.1 Å². The van der Waals surface area contributed by atoms with E-state index in [1.54, 1.807) is 54.6 Å². The molecule has 0 saturated carbocycles. The van der Waals surface area contributed by atoms with E-state index in [1.165, 1.54) is 0 Å². The fourth-order valence-corrected chi connectivity index (χ4v) is 5.63. The zero-order chi connectivity index (χ0) is 22.1. The summed E-state index contributed by atoms with van der Waals surface area (Å²) in [5.74, 6) is 0.643. The number of aromatic nitrogens is 2. The van der Waals surface area contributed by atoms with Crippen molar-refractivity contribution in [3.05, 3.63) is 95.8 Å². The third-order valence-electron chi connectivity index (χ3n) is 5.90. The van der Waals surface area contributed by atoms with Crippen molar-refractivity contribution in [3.8, 4) is 0 Å². The third kappa shape index (κ3) is 3.91. The zero-order valence-electron chi connectivity index (χ0n) is 17.4. The predicted molar refractivity (Wildman–Crippen MR) is 123 cm³/mol. The summed E-state index contributed by atoms with van der Waals surface area (Å²) in [5, 5.41) is 0. The number of nitrogens with zero attached hydrogens (tertiary/aromatic N) is 2. The molecule has 1 unspecified atom stereocenters. The van der Waals surface area contributed by atoms with Crippen LogP contribution in [0.1, 0.15) is 40.6 Å². The van der Waals surface area contributed by atoms with Gasteiger partial charge in [0.1, 0.15) is 5.82 Å². The maximum absolute atomic E-state index is 13.2. The van der Waals surface area contributed by atoms with Gasteiger partial charge in [0.15, 0.2) is 9.84 Å². The third-order valence-corrected chi connectivity index (χ3v) is 7.60. The number of imidazole rings is 1.